The van der Waals surface area contributed by atoms with Gasteiger partial charge in [0.1, 0.15) is 0 Å². The zero-order valence-corrected chi connectivity index (χ0v) is 9.68. The average Bonchev–Trinajstić information content (AvgIpc) is 2.30. The molecule has 0 atom stereocenters. The van der Waals surface area contributed by atoms with E-state index >= 15 is 0 Å². The number of nitrogens with one attached hydrogen (secondary N) is 1. The summed E-state index contributed by atoms with van der Waals surface area (Å²) in [6.45, 7) is 7.31. The molecule has 0 spiro atoms. The van der Waals surface area contributed by atoms with Gasteiger partial charge in [-0.3, -0.25) is 0 Å². The van der Waals surface area contributed by atoms with Crippen molar-refractivity contribution in [2.45, 2.75) is 19.9 Å². The van der Waals surface area contributed by atoms with E-state index in [0.29, 0.717) is 12.0 Å². The number of ether oxygens (including phenoxy) is 1. The van der Waals surface area contributed by atoms with Gasteiger partial charge in [-0.2, -0.15) is 10.1 Å². The number of hydrogen-bond acceptors (Lipinski definition) is 6. The smallest absolute Gasteiger partial charge is 0.244 e. The molecule has 0 unspecified atom stereocenters. The average molecular weight is 223 g/mol. The molecule has 6 heteroatoms. The summed E-state index contributed by atoms with van der Waals surface area (Å²) in [4.78, 5) is 6.58. The van der Waals surface area contributed by atoms with Crippen LogP contribution in [0.4, 0.5) is 11.8 Å². The molecule has 1 aliphatic rings. The molecule has 2 rings (SSSR count). The van der Waals surface area contributed by atoms with Crippen LogP contribution in [0.25, 0.3) is 0 Å². The molecular formula is C10H17N5O. The molecular weight excluding hydrogens is 206 g/mol. The number of morpholine rings is 1. The van der Waals surface area contributed by atoms with E-state index < -0.39 is 0 Å². The summed E-state index contributed by atoms with van der Waals surface area (Å²) in [7, 11) is 0. The normalized spacial score (nSPS) is 16.6. The first-order valence-electron chi connectivity index (χ1n) is 5.54. The Kier molecular flexibility index (Phi) is 3.51. The Labute approximate surface area is 95.0 Å². The third kappa shape index (κ3) is 2.79. The van der Waals surface area contributed by atoms with Gasteiger partial charge in [0, 0.05) is 19.1 Å². The van der Waals surface area contributed by atoms with Crippen molar-refractivity contribution in [2.24, 2.45) is 0 Å². The predicted octanol–water partition coefficient (Wildman–Crippen LogP) is 0.528. The lowest BCUT2D eigenvalue weighted by atomic mass is 10.4. The maximum absolute atomic E-state index is 5.29. The Balaban J connectivity index is 2.08. The zero-order chi connectivity index (χ0) is 11.4. The van der Waals surface area contributed by atoms with E-state index in [9.17, 15) is 0 Å². The van der Waals surface area contributed by atoms with Gasteiger partial charge >= 0.3 is 0 Å². The van der Waals surface area contributed by atoms with Crippen molar-refractivity contribution in [3.8, 4) is 0 Å². The predicted molar refractivity (Wildman–Crippen MR) is 61.6 cm³/mol. The van der Waals surface area contributed by atoms with Crippen LogP contribution in [0.3, 0.4) is 0 Å². The van der Waals surface area contributed by atoms with E-state index in [1.807, 2.05) is 13.8 Å². The SMILES string of the molecule is CC(C)Nc1nncc(N2CCOCC2)n1. The van der Waals surface area contributed by atoms with Crippen molar-refractivity contribution >= 4 is 11.8 Å². The fourth-order valence-electron chi connectivity index (χ4n) is 1.56. The van der Waals surface area contributed by atoms with Crippen molar-refractivity contribution in [3.63, 3.8) is 0 Å². The molecule has 1 aromatic heterocycles. The van der Waals surface area contributed by atoms with Crippen molar-refractivity contribution in [1.29, 1.82) is 0 Å². The third-order valence-electron chi connectivity index (χ3n) is 2.30. The van der Waals surface area contributed by atoms with Gasteiger partial charge in [0.25, 0.3) is 0 Å². The van der Waals surface area contributed by atoms with Crippen LogP contribution in [0.5, 0.6) is 0 Å². The molecule has 88 valence electrons. The number of nitrogens with zero attached hydrogens (tertiary/aromatic N) is 4. The highest BCUT2D eigenvalue weighted by Gasteiger charge is 2.13. The highest BCUT2D eigenvalue weighted by Crippen LogP contribution is 2.12. The van der Waals surface area contributed by atoms with E-state index in [-0.39, 0.29) is 0 Å². The van der Waals surface area contributed by atoms with Gasteiger partial charge in [-0.15, -0.1) is 5.10 Å². The van der Waals surface area contributed by atoms with Gasteiger partial charge in [0.2, 0.25) is 5.95 Å². The minimum Gasteiger partial charge on any atom is -0.378 e. The number of hydrogen-bond donors (Lipinski definition) is 1. The molecule has 0 radical (unpaired) electrons. The first kappa shape index (κ1) is 11.1. The molecule has 1 saturated heterocycles. The van der Waals surface area contributed by atoms with Crippen LogP contribution in [-0.2, 0) is 4.74 Å². The van der Waals surface area contributed by atoms with Gasteiger partial charge in [0.05, 0.1) is 19.4 Å². The largest absolute Gasteiger partial charge is 0.378 e. The highest BCUT2D eigenvalue weighted by molar-refractivity contribution is 5.40. The lowest BCUT2D eigenvalue weighted by Crippen LogP contribution is -2.37. The Bertz CT molecular complexity index is 338. The Morgan fingerprint density at radius 2 is 2.12 bits per heavy atom. The molecule has 16 heavy (non-hydrogen) atoms. The maximum Gasteiger partial charge on any atom is 0.244 e. The van der Waals surface area contributed by atoms with Gasteiger partial charge in [-0.1, -0.05) is 0 Å². The lowest BCUT2D eigenvalue weighted by Gasteiger charge is -2.27. The molecule has 0 saturated carbocycles. The summed E-state index contributed by atoms with van der Waals surface area (Å²) >= 11 is 0. The third-order valence-corrected chi connectivity index (χ3v) is 2.30. The quantitative estimate of drug-likeness (QED) is 0.806. The molecule has 1 aliphatic heterocycles. The summed E-state index contributed by atoms with van der Waals surface area (Å²) < 4.78 is 5.29. The van der Waals surface area contributed by atoms with Crippen molar-refractivity contribution < 1.29 is 4.74 Å². The van der Waals surface area contributed by atoms with Crippen LogP contribution in [0, 0.1) is 0 Å². The highest BCUT2D eigenvalue weighted by atomic mass is 16.5. The first-order chi connectivity index (χ1) is 7.75. The fraction of sp³-hybridized carbons (Fsp3) is 0.700. The van der Waals surface area contributed by atoms with Crippen LogP contribution in [0.2, 0.25) is 0 Å². The van der Waals surface area contributed by atoms with E-state index in [2.05, 4.69) is 25.4 Å². The summed E-state index contributed by atoms with van der Waals surface area (Å²) in [5, 5.41) is 11.0. The zero-order valence-electron chi connectivity index (χ0n) is 9.68. The van der Waals surface area contributed by atoms with Gasteiger partial charge < -0.3 is 15.0 Å². The van der Waals surface area contributed by atoms with Crippen molar-refractivity contribution in [2.75, 3.05) is 36.5 Å². The van der Waals surface area contributed by atoms with Crippen LogP contribution in [-0.4, -0.2) is 47.5 Å². The minimum atomic E-state index is 0.307. The molecule has 0 aromatic carbocycles. The van der Waals surface area contributed by atoms with Crippen LogP contribution >= 0.6 is 0 Å². The monoisotopic (exact) mass is 223 g/mol. The Morgan fingerprint density at radius 3 is 2.81 bits per heavy atom. The molecule has 1 fully saturated rings. The van der Waals surface area contributed by atoms with Gasteiger partial charge in [0.15, 0.2) is 5.82 Å². The molecule has 0 amide bonds. The van der Waals surface area contributed by atoms with Crippen LogP contribution in [0.1, 0.15) is 13.8 Å². The summed E-state index contributed by atoms with van der Waals surface area (Å²) in [6, 6.07) is 0.307. The first-order valence-corrected chi connectivity index (χ1v) is 5.54. The molecule has 6 nitrogen and oxygen atoms in total. The molecule has 1 N–H and O–H groups in total. The number of rotatable bonds is 3. The summed E-state index contributed by atoms with van der Waals surface area (Å²) in [6.07, 6.45) is 1.69. The second kappa shape index (κ2) is 5.07. The lowest BCUT2D eigenvalue weighted by molar-refractivity contribution is 0.122. The maximum atomic E-state index is 5.29. The molecule has 2 heterocycles. The number of aromatic nitrogens is 3. The topological polar surface area (TPSA) is 63.2 Å². The standard InChI is InChI=1S/C10H17N5O/c1-8(2)12-10-13-9(7-11-14-10)15-3-5-16-6-4-15/h7-8H,3-6H2,1-2H3,(H,12,13,14). The number of anilines is 2. The summed E-state index contributed by atoms with van der Waals surface area (Å²) in [5.41, 5.74) is 0. The van der Waals surface area contributed by atoms with Crippen molar-refractivity contribution in [3.05, 3.63) is 6.20 Å². The molecule has 0 aliphatic carbocycles. The van der Waals surface area contributed by atoms with E-state index in [1.165, 1.54) is 0 Å². The molecule has 0 bridgehead atoms. The van der Waals surface area contributed by atoms with Crippen LogP contribution in [0.15, 0.2) is 6.20 Å². The van der Waals surface area contributed by atoms with E-state index in [0.717, 1.165) is 32.1 Å². The van der Waals surface area contributed by atoms with E-state index in [1.54, 1.807) is 6.20 Å². The Hall–Kier alpha value is -1.43. The van der Waals surface area contributed by atoms with E-state index in [4.69, 9.17) is 4.74 Å². The van der Waals surface area contributed by atoms with Crippen LogP contribution < -0.4 is 10.2 Å². The van der Waals surface area contributed by atoms with Crippen molar-refractivity contribution in [1.82, 2.24) is 15.2 Å². The van der Waals surface area contributed by atoms with Gasteiger partial charge in [-0.05, 0) is 13.8 Å². The minimum absolute atomic E-state index is 0.307. The summed E-state index contributed by atoms with van der Waals surface area (Å²) in [5.74, 6) is 1.44. The second-order valence-electron chi connectivity index (χ2n) is 4.04. The van der Waals surface area contributed by atoms with Gasteiger partial charge in [-0.25, -0.2) is 0 Å². The second-order valence-corrected chi connectivity index (χ2v) is 4.04. The molecule has 1 aromatic rings. The Morgan fingerprint density at radius 1 is 1.38 bits per heavy atom. The fourth-order valence-corrected chi connectivity index (χ4v) is 1.56.